The molecule has 1 N–H and O–H groups in total. The maximum atomic E-state index is 11.4. The first-order valence-corrected chi connectivity index (χ1v) is 9.17. The Balaban J connectivity index is 2.16. The molecule has 1 aliphatic rings. The van der Waals surface area contributed by atoms with Crippen LogP contribution in [0.5, 0.6) is 0 Å². The van der Waals surface area contributed by atoms with E-state index in [1.807, 2.05) is 24.3 Å². The molecule has 1 unspecified atom stereocenters. The Morgan fingerprint density at radius 2 is 1.80 bits per heavy atom. The molecule has 1 heterocycles. The van der Waals surface area contributed by atoms with Crippen molar-refractivity contribution in [1.82, 2.24) is 9.62 Å². The average Bonchev–Trinajstić information content (AvgIpc) is 2.41. The third-order valence-electron chi connectivity index (χ3n) is 3.63. The number of piperidine rings is 1. The zero-order valence-corrected chi connectivity index (χ0v) is 13.3. The molecule has 0 saturated carbocycles. The van der Waals surface area contributed by atoms with Gasteiger partial charge < -0.3 is 0 Å². The maximum absolute atomic E-state index is 11.4. The van der Waals surface area contributed by atoms with Crippen LogP contribution < -0.4 is 4.72 Å². The smallest absolute Gasteiger partial charge is 0.208 e. The second-order valence-electron chi connectivity index (χ2n) is 5.28. The standard InChI is InChI=1S/C14H21ClN2O2S/c1-20(18,19)16-11-14(17-9-3-2-4-10-17)12-5-7-13(15)8-6-12/h5-8,14,16H,2-4,9-11H2,1H3. The van der Waals surface area contributed by atoms with Gasteiger partial charge in [0.2, 0.25) is 10.0 Å². The number of benzene rings is 1. The van der Waals surface area contributed by atoms with Crippen LogP contribution in [0, 0.1) is 0 Å². The number of nitrogens with one attached hydrogen (secondary N) is 1. The fraction of sp³-hybridized carbons (Fsp3) is 0.571. The van der Waals surface area contributed by atoms with Crippen molar-refractivity contribution in [2.75, 3.05) is 25.9 Å². The van der Waals surface area contributed by atoms with E-state index in [2.05, 4.69) is 9.62 Å². The molecule has 2 rings (SSSR count). The summed E-state index contributed by atoms with van der Waals surface area (Å²) in [7, 11) is -3.18. The summed E-state index contributed by atoms with van der Waals surface area (Å²) < 4.78 is 25.3. The third kappa shape index (κ3) is 4.74. The van der Waals surface area contributed by atoms with Gasteiger partial charge in [-0.25, -0.2) is 13.1 Å². The van der Waals surface area contributed by atoms with E-state index in [4.69, 9.17) is 11.6 Å². The summed E-state index contributed by atoms with van der Waals surface area (Å²) in [6.45, 7) is 2.43. The topological polar surface area (TPSA) is 49.4 Å². The Kier molecular flexibility index (Phi) is 5.43. The minimum atomic E-state index is -3.18. The Labute approximate surface area is 126 Å². The zero-order chi connectivity index (χ0) is 14.6. The van der Waals surface area contributed by atoms with Gasteiger partial charge in [0, 0.05) is 17.6 Å². The van der Waals surface area contributed by atoms with Crippen molar-refractivity contribution >= 4 is 21.6 Å². The predicted octanol–water partition coefficient (Wildman–Crippen LogP) is 2.42. The van der Waals surface area contributed by atoms with Crippen molar-refractivity contribution in [2.45, 2.75) is 25.3 Å². The number of likely N-dealkylation sites (tertiary alicyclic amines) is 1. The van der Waals surface area contributed by atoms with Crippen LogP contribution in [0.3, 0.4) is 0 Å². The molecule has 0 radical (unpaired) electrons. The van der Waals surface area contributed by atoms with Crippen LogP contribution in [0.25, 0.3) is 0 Å². The van der Waals surface area contributed by atoms with Gasteiger partial charge in [0.05, 0.1) is 6.26 Å². The molecule has 1 aromatic rings. The van der Waals surface area contributed by atoms with Crippen molar-refractivity contribution in [3.8, 4) is 0 Å². The summed E-state index contributed by atoms with van der Waals surface area (Å²) in [5.41, 5.74) is 1.10. The van der Waals surface area contributed by atoms with Crippen molar-refractivity contribution in [1.29, 1.82) is 0 Å². The third-order valence-corrected chi connectivity index (χ3v) is 4.57. The van der Waals surface area contributed by atoms with Crippen molar-refractivity contribution in [2.24, 2.45) is 0 Å². The lowest BCUT2D eigenvalue weighted by Crippen LogP contribution is -2.40. The van der Waals surface area contributed by atoms with E-state index < -0.39 is 10.0 Å². The molecule has 20 heavy (non-hydrogen) atoms. The Morgan fingerprint density at radius 1 is 1.20 bits per heavy atom. The first-order chi connectivity index (χ1) is 9.46. The van der Waals surface area contributed by atoms with Crippen LogP contribution in [-0.2, 0) is 10.0 Å². The fourth-order valence-electron chi connectivity index (χ4n) is 2.60. The summed E-state index contributed by atoms with van der Waals surface area (Å²) >= 11 is 5.93. The van der Waals surface area contributed by atoms with Gasteiger partial charge in [-0.15, -0.1) is 0 Å². The van der Waals surface area contributed by atoms with Gasteiger partial charge in [-0.2, -0.15) is 0 Å². The van der Waals surface area contributed by atoms with Crippen LogP contribution in [-0.4, -0.2) is 39.2 Å². The lowest BCUT2D eigenvalue weighted by molar-refractivity contribution is 0.165. The van der Waals surface area contributed by atoms with Crippen LogP contribution >= 0.6 is 11.6 Å². The quantitative estimate of drug-likeness (QED) is 0.907. The maximum Gasteiger partial charge on any atom is 0.208 e. The fourth-order valence-corrected chi connectivity index (χ4v) is 3.19. The second kappa shape index (κ2) is 6.89. The highest BCUT2D eigenvalue weighted by Gasteiger charge is 2.23. The van der Waals surface area contributed by atoms with Gasteiger partial charge in [0.1, 0.15) is 0 Å². The Morgan fingerprint density at radius 3 is 2.35 bits per heavy atom. The van der Waals surface area contributed by atoms with E-state index in [9.17, 15) is 8.42 Å². The highest BCUT2D eigenvalue weighted by Crippen LogP contribution is 2.25. The lowest BCUT2D eigenvalue weighted by Gasteiger charge is -2.35. The molecule has 1 atom stereocenters. The molecule has 1 aliphatic heterocycles. The van der Waals surface area contributed by atoms with E-state index in [1.54, 1.807) is 0 Å². The molecule has 6 heteroatoms. The summed E-state index contributed by atoms with van der Waals surface area (Å²) in [6, 6.07) is 7.74. The number of halogens is 1. The summed E-state index contributed by atoms with van der Waals surface area (Å²) in [6.07, 6.45) is 4.79. The van der Waals surface area contributed by atoms with Crippen LogP contribution in [0.4, 0.5) is 0 Å². The minimum Gasteiger partial charge on any atom is -0.295 e. The van der Waals surface area contributed by atoms with Gasteiger partial charge >= 0.3 is 0 Å². The van der Waals surface area contributed by atoms with Crippen LogP contribution in [0.15, 0.2) is 24.3 Å². The SMILES string of the molecule is CS(=O)(=O)NCC(c1ccc(Cl)cc1)N1CCCCC1. The van der Waals surface area contributed by atoms with Gasteiger partial charge in [0.25, 0.3) is 0 Å². The van der Waals surface area contributed by atoms with Crippen molar-refractivity contribution < 1.29 is 8.42 Å². The molecule has 0 amide bonds. The molecule has 0 aliphatic carbocycles. The minimum absolute atomic E-state index is 0.0716. The number of hydrogen-bond donors (Lipinski definition) is 1. The number of hydrogen-bond acceptors (Lipinski definition) is 3. The monoisotopic (exact) mass is 316 g/mol. The highest BCUT2D eigenvalue weighted by atomic mass is 35.5. The summed E-state index contributed by atoms with van der Waals surface area (Å²) in [5, 5.41) is 0.696. The zero-order valence-electron chi connectivity index (χ0n) is 11.7. The number of rotatable bonds is 5. The van der Waals surface area contributed by atoms with E-state index in [0.717, 1.165) is 18.7 Å². The average molecular weight is 317 g/mol. The van der Waals surface area contributed by atoms with Crippen molar-refractivity contribution in [3.63, 3.8) is 0 Å². The van der Waals surface area contributed by atoms with E-state index in [1.165, 1.54) is 25.5 Å². The van der Waals surface area contributed by atoms with Crippen LogP contribution in [0.1, 0.15) is 30.9 Å². The Bertz CT molecular complexity index is 525. The van der Waals surface area contributed by atoms with Gasteiger partial charge in [-0.1, -0.05) is 30.2 Å². The molecule has 0 bridgehead atoms. The van der Waals surface area contributed by atoms with Gasteiger partial charge in [-0.05, 0) is 43.6 Å². The largest absolute Gasteiger partial charge is 0.295 e. The van der Waals surface area contributed by atoms with Gasteiger partial charge in [-0.3, -0.25) is 4.90 Å². The van der Waals surface area contributed by atoms with Crippen molar-refractivity contribution in [3.05, 3.63) is 34.9 Å². The molecule has 0 spiro atoms. The molecule has 1 aromatic carbocycles. The first kappa shape index (κ1) is 15.8. The molecule has 1 fully saturated rings. The number of sulfonamides is 1. The molecular weight excluding hydrogens is 296 g/mol. The molecule has 1 saturated heterocycles. The highest BCUT2D eigenvalue weighted by molar-refractivity contribution is 7.88. The van der Waals surface area contributed by atoms with Crippen LogP contribution in [0.2, 0.25) is 5.02 Å². The normalized spacial score (nSPS) is 18.9. The molecule has 0 aromatic heterocycles. The molecule has 4 nitrogen and oxygen atoms in total. The summed E-state index contributed by atoms with van der Waals surface area (Å²) in [5.74, 6) is 0. The molecule has 112 valence electrons. The number of nitrogens with zero attached hydrogens (tertiary/aromatic N) is 1. The first-order valence-electron chi connectivity index (χ1n) is 6.90. The van der Waals surface area contributed by atoms with E-state index in [-0.39, 0.29) is 6.04 Å². The second-order valence-corrected chi connectivity index (χ2v) is 7.55. The molecular formula is C14H21ClN2O2S. The van der Waals surface area contributed by atoms with E-state index in [0.29, 0.717) is 11.6 Å². The lowest BCUT2D eigenvalue weighted by atomic mass is 10.0. The summed E-state index contributed by atoms with van der Waals surface area (Å²) in [4.78, 5) is 2.35. The van der Waals surface area contributed by atoms with E-state index >= 15 is 0 Å². The Hall–Kier alpha value is -0.620. The van der Waals surface area contributed by atoms with Gasteiger partial charge in [0.15, 0.2) is 0 Å². The predicted molar refractivity (Wildman–Crippen MR) is 82.5 cm³/mol.